The van der Waals surface area contributed by atoms with Crippen LogP contribution in [0, 0.1) is 0 Å². The Balaban J connectivity index is 1.95. The van der Waals surface area contributed by atoms with Crippen molar-refractivity contribution in [3.63, 3.8) is 0 Å². The van der Waals surface area contributed by atoms with E-state index in [2.05, 4.69) is 5.32 Å². The van der Waals surface area contributed by atoms with Crippen molar-refractivity contribution in [1.29, 1.82) is 0 Å². The number of hydrogen-bond acceptors (Lipinski definition) is 5. The lowest BCUT2D eigenvalue weighted by Gasteiger charge is -2.18. The van der Waals surface area contributed by atoms with Crippen LogP contribution in [0.1, 0.15) is 27.7 Å². The van der Waals surface area contributed by atoms with Gasteiger partial charge in [-0.3, -0.25) is 4.79 Å². The van der Waals surface area contributed by atoms with E-state index in [1.807, 2.05) is 36.4 Å². The summed E-state index contributed by atoms with van der Waals surface area (Å²) in [5, 5.41) is 3.01. The number of carbonyl (C=O) groups is 1. The Morgan fingerprint density at radius 2 is 1.59 bits per heavy atom. The molecular formula is C21H21NO5. The molecule has 2 aromatic carbocycles. The summed E-state index contributed by atoms with van der Waals surface area (Å²) < 4.78 is 21.5. The van der Waals surface area contributed by atoms with Crippen molar-refractivity contribution in [2.24, 2.45) is 0 Å². The Morgan fingerprint density at radius 1 is 0.926 bits per heavy atom. The molecule has 1 amide bonds. The molecule has 3 aromatic rings. The second-order valence-corrected chi connectivity index (χ2v) is 5.75. The monoisotopic (exact) mass is 367 g/mol. The van der Waals surface area contributed by atoms with Gasteiger partial charge in [-0.2, -0.15) is 0 Å². The van der Waals surface area contributed by atoms with E-state index >= 15 is 0 Å². The second-order valence-electron chi connectivity index (χ2n) is 5.75. The first-order chi connectivity index (χ1) is 13.2. The maximum absolute atomic E-state index is 13.0. The van der Waals surface area contributed by atoms with Crippen LogP contribution in [-0.2, 0) is 0 Å². The number of nitrogens with one attached hydrogen (secondary N) is 1. The van der Waals surface area contributed by atoms with Gasteiger partial charge in [0.15, 0.2) is 11.5 Å². The van der Waals surface area contributed by atoms with E-state index in [9.17, 15) is 4.79 Å². The van der Waals surface area contributed by atoms with Crippen molar-refractivity contribution in [3.8, 4) is 17.2 Å². The highest BCUT2D eigenvalue weighted by Crippen LogP contribution is 2.38. The fraction of sp³-hybridized carbons (Fsp3) is 0.190. The van der Waals surface area contributed by atoms with Gasteiger partial charge in [-0.05, 0) is 29.8 Å². The first-order valence-electron chi connectivity index (χ1n) is 8.37. The van der Waals surface area contributed by atoms with Crippen LogP contribution in [0.3, 0.4) is 0 Å². The van der Waals surface area contributed by atoms with Gasteiger partial charge in [0.2, 0.25) is 5.75 Å². The summed E-state index contributed by atoms with van der Waals surface area (Å²) in [5.41, 5.74) is 1.30. The average Bonchev–Trinajstić information content (AvgIpc) is 3.25. The van der Waals surface area contributed by atoms with E-state index in [1.165, 1.54) is 21.3 Å². The van der Waals surface area contributed by atoms with Gasteiger partial charge in [-0.15, -0.1) is 0 Å². The fourth-order valence-corrected chi connectivity index (χ4v) is 2.85. The molecule has 1 aromatic heterocycles. The molecule has 1 atom stereocenters. The Kier molecular flexibility index (Phi) is 5.66. The summed E-state index contributed by atoms with van der Waals surface area (Å²) >= 11 is 0. The molecule has 1 N–H and O–H groups in total. The Bertz CT molecular complexity index is 865. The molecule has 0 bridgehead atoms. The molecule has 0 aliphatic heterocycles. The van der Waals surface area contributed by atoms with Crippen molar-refractivity contribution in [3.05, 3.63) is 77.7 Å². The summed E-state index contributed by atoms with van der Waals surface area (Å²) in [5.74, 6) is 1.61. The summed E-state index contributed by atoms with van der Waals surface area (Å²) in [6, 6.07) is 16.0. The molecular weight excluding hydrogens is 346 g/mol. The standard InChI is InChI=1S/C21H21NO5/c1-24-17-12-15(13-18(25-2)20(17)26-3)21(23)22-19(16-10-7-11-27-16)14-8-5-4-6-9-14/h4-13,19H,1-3H3,(H,22,23)/t19-/m1/s1. The van der Waals surface area contributed by atoms with Crippen LogP contribution >= 0.6 is 0 Å². The lowest BCUT2D eigenvalue weighted by molar-refractivity contribution is 0.0938. The third-order valence-corrected chi connectivity index (χ3v) is 4.16. The van der Waals surface area contributed by atoms with Crippen LogP contribution in [0.4, 0.5) is 0 Å². The normalized spacial score (nSPS) is 11.5. The maximum Gasteiger partial charge on any atom is 0.252 e. The second kappa shape index (κ2) is 8.31. The minimum absolute atomic E-state index is 0.292. The number of rotatable bonds is 7. The molecule has 0 aliphatic rings. The zero-order valence-electron chi connectivity index (χ0n) is 15.4. The predicted molar refractivity (Wildman–Crippen MR) is 101 cm³/mol. The number of ether oxygens (including phenoxy) is 3. The molecule has 6 nitrogen and oxygen atoms in total. The molecule has 0 radical (unpaired) electrons. The quantitative estimate of drug-likeness (QED) is 0.687. The van der Waals surface area contributed by atoms with Gasteiger partial charge in [0, 0.05) is 5.56 Å². The molecule has 27 heavy (non-hydrogen) atoms. The Labute approximate surface area is 157 Å². The van der Waals surface area contributed by atoms with Crippen molar-refractivity contribution < 1.29 is 23.4 Å². The van der Waals surface area contributed by atoms with E-state index in [0.717, 1.165) is 5.56 Å². The number of furan rings is 1. The molecule has 140 valence electrons. The molecule has 3 rings (SSSR count). The van der Waals surface area contributed by atoms with Crippen molar-refractivity contribution in [2.45, 2.75) is 6.04 Å². The minimum atomic E-state index is -0.423. The van der Waals surface area contributed by atoms with Gasteiger partial charge in [0.05, 0.1) is 27.6 Å². The summed E-state index contributed by atoms with van der Waals surface area (Å²) in [7, 11) is 4.53. The van der Waals surface area contributed by atoms with E-state index in [1.54, 1.807) is 24.5 Å². The van der Waals surface area contributed by atoms with Gasteiger partial charge in [-0.1, -0.05) is 30.3 Å². The average molecular weight is 367 g/mol. The van der Waals surface area contributed by atoms with Crippen LogP contribution in [-0.4, -0.2) is 27.2 Å². The van der Waals surface area contributed by atoms with Gasteiger partial charge in [-0.25, -0.2) is 0 Å². The molecule has 0 aliphatic carbocycles. The molecule has 0 saturated heterocycles. The number of hydrogen-bond donors (Lipinski definition) is 1. The Hall–Kier alpha value is -3.41. The van der Waals surface area contributed by atoms with Crippen molar-refractivity contribution in [1.82, 2.24) is 5.32 Å². The predicted octanol–water partition coefficient (Wildman–Crippen LogP) is 3.82. The van der Waals surface area contributed by atoms with Gasteiger partial charge in [0.1, 0.15) is 11.8 Å². The zero-order chi connectivity index (χ0) is 19.2. The van der Waals surface area contributed by atoms with Crippen LogP contribution in [0.15, 0.2) is 65.3 Å². The number of methoxy groups -OCH3 is 3. The fourth-order valence-electron chi connectivity index (χ4n) is 2.85. The third kappa shape index (κ3) is 3.89. The third-order valence-electron chi connectivity index (χ3n) is 4.16. The van der Waals surface area contributed by atoms with E-state index in [4.69, 9.17) is 18.6 Å². The van der Waals surface area contributed by atoms with E-state index in [-0.39, 0.29) is 5.91 Å². The highest BCUT2D eigenvalue weighted by Gasteiger charge is 2.22. The Morgan fingerprint density at radius 3 is 2.11 bits per heavy atom. The molecule has 0 saturated carbocycles. The lowest BCUT2D eigenvalue weighted by Crippen LogP contribution is -2.29. The van der Waals surface area contributed by atoms with Gasteiger partial charge < -0.3 is 23.9 Å². The lowest BCUT2D eigenvalue weighted by atomic mass is 10.0. The first-order valence-corrected chi connectivity index (χ1v) is 8.37. The molecule has 0 spiro atoms. The van der Waals surface area contributed by atoms with Crippen LogP contribution in [0.2, 0.25) is 0 Å². The summed E-state index contributed by atoms with van der Waals surface area (Å²) in [4.78, 5) is 13.0. The summed E-state index contributed by atoms with van der Waals surface area (Å²) in [6.07, 6.45) is 1.58. The van der Waals surface area contributed by atoms with Crippen molar-refractivity contribution in [2.75, 3.05) is 21.3 Å². The maximum atomic E-state index is 13.0. The summed E-state index contributed by atoms with van der Waals surface area (Å²) in [6.45, 7) is 0. The van der Waals surface area contributed by atoms with Gasteiger partial charge in [0.25, 0.3) is 5.91 Å². The first kappa shape index (κ1) is 18.4. The van der Waals surface area contributed by atoms with Crippen LogP contribution in [0.5, 0.6) is 17.2 Å². The number of benzene rings is 2. The van der Waals surface area contributed by atoms with Crippen LogP contribution < -0.4 is 19.5 Å². The van der Waals surface area contributed by atoms with E-state index < -0.39 is 6.04 Å². The molecule has 6 heteroatoms. The van der Waals surface area contributed by atoms with E-state index in [0.29, 0.717) is 28.6 Å². The molecule has 1 heterocycles. The topological polar surface area (TPSA) is 69.9 Å². The zero-order valence-corrected chi connectivity index (χ0v) is 15.4. The highest BCUT2D eigenvalue weighted by atomic mass is 16.5. The van der Waals surface area contributed by atoms with Crippen molar-refractivity contribution >= 4 is 5.91 Å². The highest BCUT2D eigenvalue weighted by molar-refractivity contribution is 5.96. The van der Waals surface area contributed by atoms with Gasteiger partial charge >= 0.3 is 0 Å². The SMILES string of the molecule is COc1cc(C(=O)N[C@H](c2ccccc2)c2ccco2)cc(OC)c1OC. The molecule has 0 fully saturated rings. The molecule has 0 unspecified atom stereocenters. The smallest absolute Gasteiger partial charge is 0.252 e. The van der Waals surface area contributed by atoms with Crippen LogP contribution in [0.25, 0.3) is 0 Å². The largest absolute Gasteiger partial charge is 0.493 e. The number of carbonyl (C=O) groups excluding carboxylic acids is 1. The minimum Gasteiger partial charge on any atom is -0.493 e. The number of amides is 1.